The van der Waals surface area contributed by atoms with Crippen LogP contribution >= 0.6 is 0 Å². The van der Waals surface area contributed by atoms with Crippen molar-refractivity contribution in [3.63, 3.8) is 0 Å². The molecule has 2 aromatic rings. The first kappa shape index (κ1) is 13.9. The van der Waals surface area contributed by atoms with Gasteiger partial charge in [-0.1, -0.05) is 30.3 Å². The predicted molar refractivity (Wildman–Crippen MR) is 79.6 cm³/mol. The Hall–Kier alpha value is -2.55. The van der Waals surface area contributed by atoms with E-state index >= 15 is 0 Å². The second-order valence-electron chi connectivity index (χ2n) is 4.46. The van der Waals surface area contributed by atoms with Crippen LogP contribution in [0.4, 0.5) is 0 Å². The van der Waals surface area contributed by atoms with Gasteiger partial charge in [0.2, 0.25) is 0 Å². The first-order valence-electron chi connectivity index (χ1n) is 6.26. The average molecular weight is 268 g/mol. The summed E-state index contributed by atoms with van der Waals surface area (Å²) in [5.74, 6) is -0.925. The molecule has 0 saturated heterocycles. The summed E-state index contributed by atoms with van der Waals surface area (Å²) in [6.45, 7) is 1.97. The summed E-state index contributed by atoms with van der Waals surface area (Å²) in [4.78, 5) is 11.4. The molecule has 0 bridgehead atoms. The van der Waals surface area contributed by atoms with Gasteiger partial charge in [0.15, 0.2) is 0 Å². The summed E-state index contributed by atoms with van der Waals surface area (Å²) >= 11 is 0. The number of benzene rings is 2. The minimum atomic E-state index is -0.925. The Kier molecular flexibility index (Phi) is 4.20. The molecule has 3 heteroatoms. The number of carboxylic acids is 1. The van der Waals surface area contributed by atoms with Gasteiger partial charge in [0.25, 0.3) is 0 Å². The number of rotatable bonds is 4. The standard InChI is InChI=1S/C17H16O3/c1-12-5-3-4-6-14(12)16-11-13(9-10-20-2)7-8-15(16)17(18)19/h3-11H,1-2H3,(H,18,19). The molecule has 0 aliphatic heterocycles. The Bertz CT molecular complexity index is 657. The quantitative estimate of drug-likeness (QED) is 0.853. The lowest BCUT2D eigenvalue weighted by Crippen LogP contribution is -2.00. The molecule has 0 amide bonds. The molecule has 2 aromatic carbocycles. The maximum Gasteiger partial charge on any atom is 0.336 e. The Morgan fingerprint density at radius 3 is 2.55 bits per heavy atom. The second-order valence-corrected chi connectivity index (χ2v) is 4.46. The third kappa shape index (κ3) is 2.88. The summed E-state index contributed by atoms with van der Waals surface area (Å²) < 4.78 is 4.90. The van der Waals surface area contributed by atoms with Gasteiger partial charge in [-0.2, -0.15) is 0 Å². The van der Waals surface area contributed by atoms with Crippen molar-refractivity contribution in [1.29, 1.82) is 0 Å². The number of hydrogen-bond acceptors (Lipinski definition) is 2. The molecule has 0 heterocycles. The zero-order valence-corrected chi connectivity index (χ0v) is 11.5. The number of methoxy groups -OCH3 is 1. The van der Waals surface area contributed by atoms with Crippen LogP contribution < -0.4 is 0 Å². The fourth-order valence-electron chi connectivity index (χ4n) is 2.10. The number of aryl methyl sites for hydroxylation is 1. The zero-order valence-electron chi connectivity index (χ0n) is 11.5. The molecule has 3 nitrogen and oxygen atoms in total. The van der Waals surface area contributed by atoms with Gasteiger partial charge in [-0.25, -0.2) is 4.79 Å². The number of carboxylic acid groups (broad SMARTS) is 1. The minimum Gasteiger partial charge on any atom is -0.504 e. The highest BCUT2D eigenvalue weighted by Gasteiger charge is 2.13. The smallest absolute Gasteiger partial charge is 0.336 e. The minimum absolute atomic E-state index is 0.300. The fraction of sp³-hybridized carbons (Fsp3) is 0.118. The molecule has 0 aromatic heterocycles. The van der Waals surface area contributed by atoms with E-state index in [1.807, 2.05) is 37.3 Å². The lowest BCUT2D eigenvalue weighted by Gasteiger charge is -2.10. The van der Waals surface area contributed by atoms with Crippen LogP contribution in [0.3, 0.4) is 0 Å². The zero-order chi connectivity index (χ0) is 14.5. The van der Waals surface area contributed by atoms with Crippen LogP contribution in [0.2, 0.25) is 0 Å². The SMILES string of the molecule is COC=Cc1ccc(C(=O)O)c(-c2ccccc2C)c1. The third-order valence-corrected chi connectivity index (χ3v) is 3.11. The molecule has 0 radical (unpaired) electrons. The lowest BCUT2D eigenvalue weighted by atomic mass is 9.94. The van der Waals surface area contributed by atoms with Gasteiger partial charge >= 0.3 is 5.97 Å². The fourth-order valence-corrected chi connectivity index (χ4v) is 2.10. The van der Waals surface area contributed by atoms with Gasteiger partial charge in [0.1, 0.15) is 0 Å². The summed E-state index contributed by atoms with van der Waals surface area (Å²) in [5, 5.41) is 9.34. The highest BCUT2D eigenvalue weighted by atomic mass is 16.5. The number of carbonyl (C=O) groups is 1. The monoisotopic (exact) mass is 268 g/mol. The van der Waals surface area contributed by atoms with Crippen molar-refractivity contribution in [3.05, 3.63) is 65.4 Å². The van der Waals surface area contributed by atoms with Crippen molar-refractivity contribution in [2.45, 2.75) is 6.92 Å². The van der Waals surface area contributed by atoms with Gasteiger partial charge in [-0.15, -0.1) is 0 Å². The molecule has 102 valence electrons. The van der Waals surface area contributed by atoms with E-state index < -0.39 is 5.97 Å². The highest BCUT2D eigenvalue weighted by Crippen LogP contribution is 2.28. The van der Waals surface area contributed by atoms with E-state index in [0.717, 1.165) is 16.7 Å². The average Bonchev–Trinajstić information content (AvgIpc) is 2.45. The molecular weight excluding hydrogens is 252 g/mol. The summed E-state index contributed by atoms with van der Waals surface area (Å²) in [6, 6.07) is 13.0. The summed E-state index contributed by atoms with van der Waals surface area (Å²) in [6.07, 6.45) is 3.37. The van der Waals surface area contributed by atoms with E-state index in [9.17, 15) is 9.90 Å². The van der Waals surface area contributed by atoms with Crippen molar-refractivity contribution in [2.75, 3.05) is 7.11 Å². The maximum atomic E-state index is 11.4. The Morgan fingerprint density at radius 1 is 1.15 bits per heavy atom. The van der Waals surface area contributed by atoms with Crippen LogP contribution in [0.15, 0.2) is 48.7 Å². The van der Waals surface area contributed by atoms with Crippen LogP contribution in [0.5, 0.6) is 0 Å². The molecule has 0 aliphatic carbocycles. The molecule has 0 atom stereocenters. The van der Waals surface area contributed by atoms with Crippen molar-refractivity contribution in [1.82, 2.24) is 0 Å². The van der Waals surface area contributed by atoms with Crippen molar-refractivity contribution in [3.8, 4) is 11.1 Å². The van der Waals surface area contributed by atoms with Gasteiger partial charge in [-0.05, 0) is 47.4 Å². The molecule has 0 aliphatic rings. The Labute approximate surface area is 118 Å². The summed E-state index contributed by atoms with van der Waals surface area (Å²) in [7, 11) is 1.57. The largest absolute Gasteiger partial charge is 0.504 e. The second kappa shape index (κ2) is 6.06. The normalized spacial score (nSPS) is 10.7. The first-order chi connectivity index (χ1) is 9.63. The van der Waals surface area contributed by atoms with E-state index in [1.165, 1.54) is 0 Å². The van der Waals surface area contributed by atoms with Gasteiger partial charge in [0.05, 0.1) is 18.9 Å². The molecular formula is C17H16O3. The molecule has 1 N–H and O–H groups in total. The highest BCUT2D eigenvalue weighted by molar-refractivity contribution is 5.97. The summed E-state index contributed by atoms with van der Waals surface area (Å²) in [5.41, 5.74) is 3.89. The molecule has 0 unspecified atom stereocenters. The topological polar surface area (TPSA) is 46.5 Å². The van der Waals surface area contributed by atoms with E-state index in [0.29, 0.717) is 11.1 Å². The lowest BCUT2D eigenvalue weighted by molar-refractivity contribution is 0.0698. The van der Waals surface area contributed by atoms with E-state index in [1.54, 1.807) is 31.6 Å². The van der Waals surface area contributed by atoms with Crippen LogP contribution in [0.25, 0.3) is 17.2 Å². The van der Waals surface area contributed by atoms with Crippen LogP contribution in [-0.2, 0) is 4.74 Å². The third-order valence-electron chi connectivity index (χ3n) is 3.11. The Balaban J connectivity index is 2.61. The molecule has 0 fully saturated rings. The van der Waals surface area contributed by atoms with Crippen LogP contribution in [-0.4, -0.2) is 18.2 Å². The van der Waals surface area contributed by atoms with Crippen LogP contribution in [0, 0.1) is 6.92 Å². The van der Waals surface area contributed by atoms with Gasteiger partial charge in [-0.3, -0.25) is 0 Å². The van der Waals surface area contributed by atoms with Crippen molar-refractivity contribution in [2.24, 2.45) is 0 Å². The van der Waals surface area contributed by atoms with E-state index in [2.05, 4.69) is 0 Å². The van der Waals surface area contributed by atoms with Gasteiger partial charge in [0, 0.05) is 0 Å². The maximum absolute atomic E-state index is 11.4. The molecule has 2 rings (SSSR count). The molecule has 0 saturated carbocycles. The predicted octanol–water partition coefficient (Wildman–Crippen LogP) is 3.98. The molecule has 0 spiro atoms. The van der Waals surface area contributed by atoms with Crippen molar-refractivity contribution >= 4 is 12.0 Å². The Morgan fingerprint density at radius 2 is 1.90 bits per heavy atom. The number of ether oxygens (including phenoxy) is 1. The first-order valence-corrected chi connectivity index (χ1v) is 6.26. The number of aromatic carboxylic acids is 1. The van der Waals surface area contributed by atoms with Crippen LogP contribution in [0.1, 0.15) is 21.5 Å². The van der Waals surface area contributed by atoms with Crippen molar-refractivity contribution < 1.29 is 14.6 Å². The number of hydrogen-bond donors (Lipinski definition) is 1. The van der Waals surface area contributed by atoms with Gasteiger partial charge < -0.3 is 9.84 Å². The van der Waals surface area contributed by atoms with E-state index in [4.69, 9.17) is 4.74 Å². The van der Waals surface area contributed by atoms with E-state index in [-0.39, 0.29) is 0 Å². The molecule has 20 heavy (non-hydrogen) atoms.